The van der Waals surface area contributed by atoms with E-state index < -0.39 is 17.5 Å². The highest BCUT2D eigenvalue weighted by Crippen LogP contribution is 2.33. The zero-order chi connectivity index (χ0) is 20.7. The predicted octanol–water partition coefficient (Wildman–Crippen LogP) is 4.94. The minimum absolute atomic E-state index is 0.0704. The fourth-order valence-electron chi connectivity index (χ4n) is 1.94. The van der Waals surface area contributed by atoms with E-state index in [2.05, 4.69) is 10.3 Å². The number of aromatic nitrogens is 1. The van der Waals surface area contributed by atoms with E-state index in [4.69, 9.17) is 16.3 Å². The minimum atomic E-state index is -4.56. The van der Waals surface area contributed by atoms with Gasteiger partial charge in [-0.25, -0.2) is 4.98 Å². The number of halogens is 4. The summed E-state index contributed by atoms with van der Waals surface area (Å²) in [6, 6.07) is 9.40. The van der Waals surface area contributed by atoms with Crippen LogP contribution in [-0.2, 0) is 11.0 Å². The lowest BCUT2D eigenvalue weighted by molar-refractivity contribution is -0.137. The Labute approximate surface area is 168 Å². The first-order valence-electron chi connectivity index (χ1n) is 7.64. The normalized spacial score (nSPS) is 11.6. The Morgan fingerprint density at radius 2 is 2.18 bits per heavy atom. The molecule has 1 aromatic heterocycles. The number of nitrogens with zero attached hydrogens (tertiary/aromatic N) is 2. The molecule has 2 rings (SSSR count). The van der Waals surface area contributed by atoms with Gasteiger partial charge in [-0.05, 0) is 18.2 Å². The van der Waals surface area contributed by atoms with Crippen molar-refractivity contribution in [2.45, 2.75) is 11.2 Å². The predicted molar refractivity (Wildman–Crippen MR) is 100 cm³/mol. The maximum Gasteiger partial charge on any atom is 0.417 e. The summed E-state index contributed by atoms with van der Waals surface area (Å²) in [6.45, 7) is 0. The Bertz CT molecular complexity index is 942. The average molecular weight is 428 g/mol. The molecule has 1 aromatic carbocycles. The number of ketones is 1. The Morgan fingerprint density at radius 1 is 1.43 bits per heavy atom. The van der Waals surface area contributed by atoms with E-state index in [0.717, 1.165) is 17.8 Å². The molecule has 0 aliphatic heterocycles. The highest BCUT2D eigenvalue weighted by Gasteiger charge is 2.31. The SMILES string of the molecule is COc1cccc(N/C=C(/C#N)C(=O)CSc2ncc(C(F)(F)F)cc2Cl)c1. The fourth-order valence-corrected chi connectivity index (χ4v) is 3.02. The van der Waals surface area contributed by atoms with E-state index in [0.29, 0.717) is 17.6 Å². The topological polar surface area (TPSA) is 75.0 Å². The Morgan fingerprint density at radius 3 is 2.79 bits per heavy atom. The molecule has 146 valence electrons. The van der Waals surface area contributed by atoms with Crippen LogP contribution in [0.2, 0.25) is 5.02 Å². The van der Waals surface area contributed by atoms with Crippen molar-refractivity contribution in [1.29, 1.82) is 5.26 Å². The highest BCUT2D eigenvalue weighted by molar-refractivity contribution is 8.00. The van der Waals surface area contributed by atoms with Crippen molar-refractivity contribution in [1.82, 2.24) is 4.98 Å². The minimum Gasteiger partial charge on any atom is -0.497 e. The van der Waals surface area contributed by atoms with Crippen molar-refractivity contribution in [3.8, 4) is 11.8 Å². The van der Waals surface area contributed by atoms with E-state index in [-0.39, 0.29) is 21.4 Å². The van der Waals surface area contributed by atoms with Gasteiger partial charge in [-0.15, -0.1) is 0 Å². The third-order valence-electron chi connectivity index (χ3n) is 3.35. The number of benzene rings is 1. The van der Waals surface area contributed by atoms with Gasteiger partial charge in [0.25, 0.3) is 0 Å². The first kappa shape index (κ1) is 21.6. The number of allylic oxidation sites excluding steroid dienone is 1. The quantitative estimate of drug-likeness (QED) is 0.383. The molecule has 0 atom stereocenters. The molecule has 0 radical (unpaired) electrons. The molecule has 5 nitrogen and oxygen atoms in total. The number of thioether (sulfide) groups is 1. The molecule has 2 aromatic rings. The molecule has 0 bridgehead atoms. The number of carbonyl (C=O) groups is 1. The molecule has 0 saturated heterocycles. The van der Waals surface area contributed by atoms with Gasteiger partial charge in [0, 0.05) is 24.2 Å². The first-order valence-corrected chi connectivity index (χ1v) is 9.00. The summed E-state index contributed by atoms with van der Waals surface area (Å²) in [4.78, 5) is 15.8. The molecule has 0 fully saturated rings. The van der Waals surface area contributed by atoms with Crippen LogP contribution in [-0.4, -0.2) is 23.6 Å². The van der Waals surface area contributed by atoms with Crippen LogP contribution >= 0.6 is 23.4 Å². The van der Waals surface area contributed by atoms with E-state index in [1.807, 2.05) is 0 Å². The van der Waals surface area contributed by atoms with E-state index >= 15 is 0 Å². The van der Waals surface area contributed by atoms with Crippen LogP contribution in [0.3, 0.4) is 0 Å². The maximum absolute atomic E-state index is 12.6. The summed E-state index contributed by atoms with van der Waals surface area (Å²) in [5.74, 6) is -0.139. The molecule has 1 heterocycles. The van der Waals surface area contributed by atoms with Crippen LogP contribution in [0.4, 0.5) is 18.9 Å². The second-order valence-electron chi connectivity index (χ2n) is 5.27. The lowest BCUT2D eigenvalue weighted by Gasteiger charge is -2.08. The molecule has 0 saturated carbocycles. The number of ether oxygens (including phenoxy) is 1. The molecular formula is C18H13ClF3N3O2S. The Kier molecular flexibility index (Phi) is 7.31. The van der Waals surface area contributed by atoms with E-state index in [9.17, 15) is 23.2 Å². The molecular weight excluding hydrogens is 415 g/mol. The number of hydrogen-bond donors (Lipinski definition) is 1. The van der Waals surface area contributed by atoms with Gasteiger partial charge in [-0.3, -0.25) is 4.79 Å². The summed E-state index contributed by atoms with van der Waals surface area (Å²) in [5.41, 5.74) is -0.522. The summed E-state index contributed by atoms with van der Waals surface area (Å²) < 4.78 is 42.9. The van der Waals surface area contributed by atoms with Crippen LogP contribution in [0.5, 0.6) is 5.75 Å². The molecule has 28 heavy (non-hydrogen) atoms. The van der Waals surface area contributed by atoms with Gasteiger partial charge in [-0.1, -0.05) is 29.4 Å². The maximum atomic E-state index is 12.6. The summed E-state index contributed by atoms with van der Waals surface area (Å²) in [6.07, 6.45) is -2.66. The van der Waals surface area contributed by atoms with Crippen molar-refractivity contribution >= 4 is 34.8 Å². The molecule has 0 spiro atoms. The van der Waals surface area contributed by atoms with Gasteiger partial charge >= 0.3 is 6.18 Å². The van der Waals surface area contributed by atoms with Gasteiger partial charge in [-0.2, -0.15) is 18.4 Å². The van der Waals surface area contributed by atoms with Gasteiger partial charge < -0.3 is 10.1 Å². The number of nitrogens with one attached hydrogen (secondary N) is 1. The number of anilines is 1. The van der Waals surface area contributed by atoms with Crippen molar-refractivity contribution in [2.24, 2.45) is 0 Å². The number of alkyl halides is 3. The van der Waals surface area contributed by atoms with Gasteiger partial charge in [0.1, 0.15) is 22.4 Å². The first-order chi connectivity index (χ1) is 13.2. The monoisotopic (exact) mass is 427 g/mol. The zero-order valence-corrected chi connectivity index (χ0v) is 16.0. The number of pyridine rings is 1. The lowest BCUT2D eigenvalue weighted by atomic mass is 10.2. The van der Waals surface area contributed by atoms with Crippen LogP contribution in [0.15, 0.2) is 53.3 Å². The van der Waals surface area contributed by atoms with Crippen LogP contribution < -0.4 is 10.1 Å². The number of Topliss-reactive ketones (excluding diaryl/α,β-unsaturated/α-hetero) is 1. The third-order valence-corrected chi connectivity index (χ3v) is 4.75. The number of rotatable bonds is 7. The number of hydrogen-bond acceptors (Lipinski definition) is 6. The summed E-state index contributed by atoms with van der Waals surface area (Å²) >= 11 is 6.65. The second kappa shape index (κ2) is 9.48. The molecule has 0 amide bonds. The Hall–Kier alpha value is -2.70. The second-order valence-corrected chi connectivity index (χ2v) is 6.64. The number of methoxy groups -OCH3 is 1. The molecule has 1 N–H and O–H groups in total. The molecule has 10 heteroatoms. The van der Waals surface area contributed by atoms with Gasteiger partial charge in [0.05, 0.1) is 23.4 Å². The number of carbonyl (C=O) groups excluding carboxylic acids is 1. The fraction of sp³-hybridized carbons (Fsp3) is 0.167. The Balaban J connectivity index is 2.03. The van der Waals surface area contributed by atoms with E-state index in [1.54, 1.807) is 30.3 Å². The largest absolute Gasteiger partial charge is 0.497 e. The van der Waals surface area contributed by atoms with Crippen molar-refractivity contribution in [3.05, 3.63) is 58.9 Å². The summed E-state index contributed by atoms with van der Waals surface area (Å²) in [7, 11) is 1.51. The highest BCUT2D eigenvalue weighted by atomic mass is 35.5. The van der Waals surface area contributed by atoms with Crippen LogP contribution in [0.1, 0.15) is 5.56 Å². The van der Waals surface area contributed by atoms with E-state index in [1.165, 1.54) is 13.3 Å². The smallest absolute Gasteiger partial charge is 0.417 e. The van der Waals surface area contributed by atoms with Crippen LogP contribution in [0.25, 0.3) is 0 Å². The average Bonchev–Trinajstić information content (AvgIpc) is 2.66. The molecule has 0 aliphatic rings. The molecule has 0 aliphatic carbocycles. The van der Waals surface area contributed by atoms with Gasteiger partial charge in [0.2, 0.25) is 0 Å². The van der Waals surface area contributed by atoms with Crippen molar-refractivity contribution in [3.63, 3.8) is 0 Å². The number of nitriles is 1. The third kappa shape index (κ3) is 5.90. The standard InChI is InChI=1S/C18H13ClF3N3O2S/c1-27-14-4-2-3-13(6-14)24-8-11(7-23)16(26)10-28-17-15(19)5-12(9-25-17)18(20,21)22/h2-6,8-9,24H,10H2,1H3/b11-8-. The van der Waals surface area contributed by atoms with Crippen molar-refractivity contribution in [2.75, 3.05) is 18.2 Å². The van der Waals surface area contributed by atoms with Crippen LogP contribution in [0, 0.1) is 11.3 Å². The molecule has 0 unspecified atom stereocenters. The lowest BCUT2D eigenvalue weighted by Crippen LogP contribution is -2.08. The van der Waals surface area contributed by atoms with Gasteiger partial charge in [0.15, 0.2) is 5.78 Å². The zero-order valence-electron chi connectivity index (χ0n) is 14.4. The summed E-state index contributed by atoms with van der Waals surface area (Å²) in [5, 5.41) is 11.8. The van der Waals surface area contributed by atoms with Crippen molar-refractivity contribution < 1.29 is 22.7 Å².